The topological polar surface area (TPSA) is 68.4 Å². The van der Waals surface area contributed by atoms with Gasteiger partial charge in [0.1, 0.15) is 18.3 Å². The summed E-state index contributed by atoms with van der Waals surface area (Å²) in [6.07, 6.45) is 0.894. The predicted octanol–water partition coefficient (Wildman–Crippen LogP) is 1.98. The Morgan fingerprint density at radius 1 is 1.17 bits per heavy atom. The molecule has 3 saturated heterocycles. The lowest BCUT2D eigenvalue weighted by atomic mass is 9.99. The molecule has 3 aliphatic rings. The van der Waals surface area contributed by atoms with Crippen molar-refractivity contribution in [2.45, 2.75) is 50.2 Å². The van der Waals surface area contributed by atoms with Crippen molar-refractivity contribution >= 4 is 12.1 Å². The Hall–Kier alpha value is -2.08. The molecule has 0 saturated carbocycles. The van der Waals surface area contributed by atoms with Gasteiger partial charge in [-0.3, -0.25) is 4.90 Å². The minimum atomic E-state index is -0.311. The number of epoxide rings is 1. The van der Waals surface area contributed by atoms with Crippen molar-refractivity contribution in [3.63, 3.8) is 0 Å². The van der Waals surface area contributed by atoms with E-state index in [4.69, 9.17) is 14.2 Å². The largest absolute Gasteiger partial charge is 0.459 e. The number of piperidine rings is 1. The first-order valence-electron chi connectivity index (χ1n) is 8.05. The quantitative estimate of drug-likeness (QED) is 0.630. The van der Waals surface area contributed by atoms with E-state index in [0.717, 1.165) is 0 Å². The second kappa shape index (κ2) is 5.53. The van der Waals surface area contributed by atoms with Gasteiger partial charge in [0.15, 0.2) is 0 Å². The molecule has 6 heteroatoms. The summed E-state index contributed by atoms with van der Waals surface area (Å²) in [4.78, 5) is 26.1. The maximum absolute atomic E-state index is 12.2. The van der Waals surface area contributed by atoms with Crippen LogP contribution in [-0.2, 0) is 14.2 Å². The van der Waals surface area contributed by atoms with Crippen molar-refractivity contribution in [1.29, 1.82) is 0 Å². The molecule has 0 N–H and O–H groups in total. The summed E-state index contributed by atoms with van der Waals surface area (Å²) in [5, 5.41) is 0. The summed E-state index contributed by atoms with van der Waals surface area (Å²) in [5.41, 5.74) is 0.550. The molecule has 0 radical (unpaired) electrons. The highest BCUT2D eigenvalue weighted by Crippen LogP contribution is 2.49. The van der Waals surface area contributed by atoms with Crippen molar-refractivity contribution in [3.8, 4) is 0 Å². The second-order valence-electron chi connectivity index (χ2n) is 6.17. The highest BCUT2D eigenvalue weighted by molar-refractivity contribution is 5.89. The molecule has 1 amide bonds. The van der Waals surface area contributed by atoms with E-state index in [1.807, 2.05) is 18.2 Å². The van der Waals surface area contributed by atoms with Crippen LogP contribution in [0.15, 0.2) is 30.3 Å². The van der Waals surface area contributed by atoms with E-state index in [2.05, 4.69) is 0 Å². The SMILES string of the molecule is CCOC(=O)N1C2CC(OC(=O)c3ccccc3)CC1[C@@H]1O[C@H]21. The average molecular weight is 317 g/mol. The van der Waals surface area contributed by atoms with Gasteiger partial charge in [-0.2, -0.15) is 0 Å². The lowest BCUT2D eigenvalue weighted by Crippen LogP contribution is -2.52. The molecule has 6 nitrogen and oxygen atoms in total. The van der Waals surface area contributed by atoms with Crippen LogP contribution in [0.1, 0.15) is 30.1 Å². The first-order valence-corrected chi connectivity index (χ1v) is 8.05. The number of morpholine rings is 1. The standard InChI is InChI=1S/C17H19NO5/c1-2-21-17(20)18-12-8-11(9-13(18)15-14(12)23-15)22-16(19)10-6-4-3-5-7-10/h3-7,11-15H,2,8-9H2,1H3/t11?,12?,13?,14-,15+. The first kappa shape index (κ1) is 14.5. The van der Waals surface area contributed by atoms with Crippen LogP contribution in [0.25, 0.3) is 0 Å². The highest BCUT2D eigenvalue weighted by Gasteiger charge is 2.65. The van der Waals surface area contributed by atoms with Crippen molar-refractivity contribution in [3.05, 3.63) is 35.9 Å². The molecule has 122 valence electrons. The van der Waals surface area contributed by atoms with Crippen molar-refractivity contribution in [1.82, 2.24) is 4.90 Å². The zero-order chi connectivity index (χ0) is 16.0. The highest BCUT2D eigenvalue weighted by atomic mass is 16.6. The number of ether oxygens (including phenoxy) is 3. The molecule has 4 rings (SSSR count). The van der Waals surface area contributed by atoms with Gasteiger partial charge in [-0.05, 0) is 19.1 Å². The van der Waals surface area contributed by atoms with Gasteiger partial charge in [-0.25, -0.2) is 9.59 Å². The Kier molecular flexibility index (Phi) is 3.49. The molecule has 2 bridgehead atoms. The monoisotopic (exact) mass is 317 g/mol. The molecule has 3 fully saturated rings. The van der Waals surface area contributed by atoms with Gasteiger partial charge < -0.3 is 14.2 Å². The molecule has 0 aliphatic carbocycles. The lowest BCUT2D eigenvalue weighted by Gasteiger charge is -2.39. The van der Waals surface area contributed by atoms with Crippen LogP contribution < -0.4 is 0 Å². The molecule has 3 unspecified atom stereocenters. The number of carbonyl (C=O) groups is 2. The molecule has 0 aromatic heterocycles. The number of hydrogen-bond acceptors (Lipinski definition) is 5. The normalized spacial score (nSPS) is 33.8. The van der Waals surface area contributed by atoms with Gasteiger partial charge in [0.05, 0.1) is 24.3 Å². The molecular weight excluding hydrogens is 298 g/mol. The Bertz CT molecular complexity index is 601. The van der Waals surface area contributed by atoms with E-state index in [1.54, 1.807) is 24.0 Å². The number of benzene rings is 1. The number of esters is 1. The fraction of sp³-hybridized carbons (Fsp3) is 0.529. The van der Waals surface area contributed by atoms with E-state index in [-0.39, 0.29) is 42.5 Å². The van der Waals surface area contributed by atoms with Gasteiger partial charge >= 0.3 is 12.1 Å². The second-order valence-corrected chi connectivity index (χ2v) is 6.17. The summed E-state index contributed by atoms with van der Waals surface area (Å²) in [5.74, 6) is -0.311. The lowest BCUT2D eigenvalue weighted by molar-refractivity contribution is -0.0294. The van der Waals surface area contributed by atoms with E-state index in [9.17, 15) is 9.59 Å². The predicted molar refractivity (Wildman–Crippen MR) is 80.0 cm³/mol. The molecule has 3 aliphatic heterocycles. The minimum Gasteiger partial charge on any atom is -0.459 e. The van der Waals surface area contributed by atoms with Crippen molar-refractivity contribution in [2.24, 2.45) is 0 Å². The Labute approximate surface area is 134 Å². The summed E-state index contributed by atoms with van der Waals surface area (Å²) < 4.78 is 16.4. The van der Waals surface area contributed by atoms with Crippen molar-refractivity contribution < 1.29 is 23.8 Å². The van der Waals surface area contributed by atoms with Gasteiger partial charge in [-0.15, -0.1) is 0 Å². The molecule has 0 spiro atoms. The molecule has 1 aromatic carbocycles. The number of nitrogens with zero attached hydrogens (tertiary/aromatic N) is 1. The maximum Gasteiger partial charge on any atom is 0.410 e. The van der Waals surface area contributed by atoms with Gasteiger partial charge in [-0.1, -0.05) is 18.2 Å². The summed E-state index contributed by atoms with van der Waals surface area (Å²) in [6.45, 7) is 2.16. The van der Waals surface area contributed by atoms with Crippen LogP contribution in [0.4, 0.5) is 4.79 Å². The van der Waals surface area contributed by atoms with Crippen LogP contribution in [0, 0.1) is 0 Å². The number of hydrogen-bond donors (Lipinski definition) is 0. The third kappa shape index (κ3) is 2.47. The molecule has 1 aromatic rings. The van der Waals surface area contributed by atoms with E-state index >= 15 is 0 Å². The van der Waals surface area contributed by atoms with E-state index in [1.165, 1.54) is 0 Å². The number of carbonyl (C=O) groups excluding carboxylic acids is 2. The zero-order valence-electron chi connectivity index (χ0n) is 12.9. The maximum atomic E-state index is 12.2. The summed E-state index contributed by atoms with van der Waals surface area (Å²) in [7, 11) is 0. The fourth-order valence-corrected chi connectivity index (χ4v) is 3.81. The van der Waals surface area contributed by atoms with E-state index < -0.39 is 0 Å². The number of rotatable bonds is 3. The Morgan fingerprint density at radius 3 is 2.43 bits per heavy atom. The smallest absolute Gasteiger partial charge is 0.410 e. The first-order chi connectivity index (χ1) is 11.2. The van der Waals surface area contributed by atoms with Crippen LogP contribution in [0.3, 0.4) is 0 Å². The fourth-order valence-electron chi connectivity index (χ4n) is 3.81. The zero-order valence-corrected chi connectivity index (χ0v) is 12.9. The van der Waals surface area contributed by atoms with Crippen LogP contribution in [0.5, 0.6) is 0 Å². The van der Waals surface area contributed by atoms with Crippen LogP contribution in [-0.4, -0.2) is 54.0 Å². The third-order valence-electron chi connectivity index (χ3n) is 4.81. The van der Waals surface area contributed by atoms with Gasteiger partial charge in [0.25, 0.3) is 0 Å². The summed E-state index contributed by atoms with van der Waals surface area (Å²) >= 11 is 0. The van der Waals surface area contributed by atoms with Gasteiger partial charge in [0.2, 0.25) is 0 Å². The Balaban J connectivity index is 1.43. The molecule has 23 heavy (non-hydrogen) atoms. The number of fused-ring (bicyclic) bond motifs is 5. The molecular formula is C17H19NO5. The van der Waals surface area contributed by atoms with E-state index in [0.29, 0.717) is 25.0 Å². The summed E-state index contributed by atoms with van der Waals surface area (Å²) in [6, 6.07) is 8.87. The molecule has 3 heterocycles. The van der Waals surface area contributed by atoms with Gasteiger partial charge in [0, 0.05) is 12.8 Å². The van der Waals surface area contributed by atoms with Crippen LogP contribution in [0.2, 0.25) is 0 Å². The number of amides is 1. The Morgan fingerprint density at radius 2 is 1.83 bits per heavy atom. The van der Waals surface area contributed by atoms with Crippen molar-refractivity contribution in [2.75, 3.05) is 6.61 Å². The average Bonchev–Trinajstić information content (AvgIpc) is 3.32. The minimum absolute atomic E-state index is 0.0497. The third-order valence-corrected chi connectivity index (χ3v) is 4.81. The molecule has 5 atom stereocenters. The van der Waals surface area contributed by atoms with Crippen LogP contribution >= 0.6 is 0 Å².